The van der Waals surface area contributed by atoms with E-state index in [0.29, 0.717) is 34.6 Å². The zero-order chi connectivity index (χ0) is 24.0. The van der Waals surface area contributed by atoms with Crippen LogP contribution in [0.1, 0.15) is 34.2 Å². The van der Waals surface area contributed by atoms with Crippen LogP contribution in [0.2, 0.25) is 0 Å². The molecule has 4 amide bonds. The van der Waals surface area contributed by atoms with Gasteiger partial charge in [-0.15, -0.1) is 0 Å². The summed E-state index contributed by atoms with van der Waals surface area (Å²) in [4.78, 5) is 44.2. The largest absolute Gasteiger partial charge is 0.497 e. The minimum absolute atomic E-state index is 0.126. The van der Waals surface area contributed by atoms with E-state index in [9.17, 15) is 14.4 Å². The topological polar surface area (TPSA) is 123 Å². The highest BCUT2D eigenvalue weighted by molar-refractivity contribution is 6.08. The van der Waals surface area contributed by atoms with Crippen molar-refractivity contribution in [1.82, 2.24) is 20.5 Å². The summed E-state index contributed by atoms with van der Waals surface area (Å²) in [5.41, 5.74) is 0.615. The Morgan fingerprint density at radius 1 is 1.26 bits per heavy atom. The number of nitrogens with zero attached hydrogens (tertiary/aromatic N) is 2. The van der Waals surface area contributed by atoms with Gasteiger partial charge in [0.25, 0.3) is 11.8 Å². The van der Waals surface area contributed by atoms with Crippen LogP contribution >= 0.6 is 0 Å². The first-order valence-electron chi connectivity index (χ1n) is 10.7. The molecule has 0 aliphatic carbocycles. The van der Waals surface area contributed by atoms with Gasteiger partial charge in [0.15, 0.2) is 5.54 Å². The summed E-state index contributed by atoms with van der Waals surface area (Å²) in [7, 11) is 1.52. The van der Waals surface area contributed by atoms with Gasteiger partial charge in [-0.2, -0.15) is 0 Å². The van der Waals surface area contributed by atoms with E-state index < -0.39 is 17.5 Å². The van der Waals surface area contributed by atoms with Crippen molar-refractivity contribution in [2.24, 2.45) is 0 Å². The SMILES string of the molecule is C=C(OCC)c1cnc2oc([C@]3(CN4Cc5ccc(OC)cc5C4=O)NC(=O)NC3=O)cc2c1. The average molecular weight is 462 g/mol. The molecule has 0 bridgehead atoms. The predicted molar refractivity (Wildman–Crippen MR) is 121 cm³/mol. The van der Waals surface area contributed by atoms with Gasteiger partial charge in [-0.1, -0.05) is 12.6 Å². The number of hydrogen-bond acceptors (Lipinski definition) is 7. The van der Waals surface area contributed by atoms with Gasteiger partial charge in [0.2, 0.25) is 5.71 Å². The molecule has 1 atom stereocenters. The molecule has 0 radical (unpaired) electrons. The molecule has 1 saturated heterocycles. The van der Waals surface area contributed by atoms with Crippen molar-refractivity contribution in [3.8, 4) is 5.75 Å². The third kappa shape index (κ3) is 3.35. The molecule has 1 fully saturated rings. The number of aromatic nitrogens is 1. The van der Waals surface area contributed by atoms with Crippen LogP contribution in [0.3, 0.4) is 0 Å². The van der Waals surface area contributed by atoms with Crippen LogP contribution in [-0.2, 0) is 21.6 Å². The maximum absolute atomic E-state index is 13.1. The number of pyridine rings is 1. The summed E-state index contributed by atoms with van der Waals surface area (Å²) < 4.78 is 16.6. The Bertz CT molecular complexity index is 1360. The molecule has 2 aromatic heterocycles. The van der Waals surface area contributed by atoms with Crippen molar-refractivity contribution < 1.29 is 28.3 Å². The zero-order valence-electron chi connectivity index (χ0n) is 18.6. The van der Waals surface area contributed by atoms with Crippen molar-refractivity contribution in [2.45, 2.75) is 19.0 Å². The lowest BCUT2D eigenvalue weighted by Gasteiger charge is -2.28. The van der Waals surface area contributed by atoms with E-state index in [1.54, 1.807) is 30.5 Å². The molecule has 0 unspecified atom stereocenters. The Labute approximate surface area is 194 Å². The second-order valence-corrected chi connectivity index (χ2v) is 8.08. The maximum Gasteiger partial charge on any atom is 0.322 e. The van der Waals surface area contributed by atoms with E-state index in [4.69, 9.17) is 13.9 Å². The number of methoxy groups -OCH3 is 1. The van der Waals surface area contributed by atoms with Crippen molar-refractivity contribution in [1.29, 1.82) is 0 Å². The molecule has 10 heteroatoms. The van der Waals surface area contributed by atoms with Crippen LogP contribution in [0.15, 0.2) is 47.5 Å². The molecule has 174 valence electrons. The number of imide groups is 1. The van der Waals surface area contributed by atoms with Crippen LogP contribution in [-0.4, -0.2) is 48.0 Å². The quantitative estimate of drug-likeness (QED) is 0.409. The Morgan fingerprint density at radius 3 is 2.79 bits per heavy atom. The Kier molecular flexibility index (Phi) is 5.00. The number of ether oxygens (including phenoxy) is 2. The Hall–Kier alpha value is -4.34. The molecule has 1 aromatic carbocycles. The molecule has 2 aliphatic rings. The lowest BCUT2D eigenvalue weighted by atomic mass is 9.95. The van der Waals surface area contributed by atoms with Gasteiger partial charge in [-0.05, 0) is 36.8 Å². The fourth-order valence-corrected chi connectivity index (χ4v) is 4.29. The molecule has 34 heavy (non-hydrogen) atoms. The monoisotopic (exact) mass is 462 g/mol. The molecule has 4 heterocycles. The zero-order valence-corrected chi connectivity index (χ0v) is 18.6. The highest BCUT2D eigenvalue weighted by atomic mass is 16.5. The number of urea groups is 1. The smallest absolute Gasteiger partial charge is 0.322 e. The normalized spacial score (nSPS) is 19.2. The minimum atomic E-state index is -1.61. The molecule has 0 saturated carbocycles. The van der Waals surface area contributed by atoms with Crippen molar-refractivity contribution in [3.63, 3.8) is 0 Å². The lowest BCUT2D eigenvalue weighted by Crippen LogP contribution is -2.52. The van der Waals surface area contributed by atoms with Crippen molar-refractivity contribution in [3.05, 3.63) is 65.6 Å². The summed E-state index contributed by atoms with van der Waals surface area (Å²) in [6, 6.07) is 7.98. The minimum Gasteiger partial charge on any atom is -0.497 e. The second-order valence-electron chi connectivity index (χ2n) is 8.08. The first-order valence-corrected chi connectivity index (χ1v) is 10.7. The number of rotatable bonds is 7. The highest BCUT2D eigenvalue weighted by Gasteiger charge is 2.53. The summed E-state index contributed by atoms with van der Waals surface area (Å²) in [5.74, 6) is 0.294. The van der Waals surface area contributed by atoms with Gasteiger partial charge in [0.1, 0.15) is 17.3 Å². The first kappa shape index (κ1) is 21.5. The number of nitrogens with one attached hydrogen (secondary N) is 2. The molecule has 3 aromatic rings. The number of carbonyl (C=O) groups excluding carboxylic acids is 3. The van der Waals surface area contributed by atoms with Crippen molar-refractivity contribution in [2.75, 3.05) is 20.3 Å². The molecular weight excluding hydrogens is 440 g/mol. The number of benzene rings is 1. The van der Waals surface area contributed by atoms with Crippen LogP contribution in [0.25, 0.3) is 16.9 Å². The Morgan fingerprint density at radius 2 is 2.09 bits per heavy atom. The van der Waals surface area contributed by atoms with Gasteiger partial charge >= 0.3 is 6.03 Å². The van der Waals surface area contributed by atoms with E-state index in [0.717, 1.165) is 5.56 Å². The molecule has 2 N–H and O–H groups in total. The molecule has 10 nitrogen and oxygen atoms in total. The number of hydrogen-bond donors (Lipinski definition) is 2. The van der Waals surface area contributed by atoms with Gasteiger partial charge < -0.3 is 24.1 Å². The Balaban J connectivity index is 1.52. The van der Waals surface area contributed by atoms with Gasteiger partial charge in [0.05, 0.1) is 20.3 Å². The van der Waals surface area contributed by atoms with Gasteiger partial charge in [-0.3, -0.25) is 14.9 Å². The van der Waals surface area contributed by atoms with Crippen LogP contribution in [0.5, 0.6) is 5.75 Å². The molecule has 2 aliphatic heterocycles. The lowest BCUT2D eigenvalue weighted by molar-refractivity contribution is -0.125. The third-order valence-corrected chi connectivity index (χ3v) is 6.00. The summed E-state index contributed by atoms with van der Waals surface area (Å²) in [6.07, 6.45) is 1.56. The highest BCUT2D eigenvalue weighted by Crippen LogP contribution is 2.35. The predicted octanol–water partition coefficient (Wildman–Crippen LogP) is 2.53. The van der Waals surface area contributed by atoms with Crippen LogP contribution in [0, 0.1) is 0 Å². The molecule has 5 rings (SSSR count). The van der Waals surface area contributed by atoms with Crippen LogP contribution in [0.4, 0.5) is 4.79 Å². The third-order valence-electron chi connectivity index (χ3n) is 6.00. The van der Waals surface area contributed by atoms with E-state index in [1.165, 1.54) is 12.0 Å². The summed E-state index contributed by atoms with van der Waals surface area (Å²) in [6.45, 7) is 6.35. The van der Waals surface area contributed by atoms with Gasteiger partial charge in [0, 0.05) is 29.3 Å². The maximum atomic E-state index is 13.1. The summed E-state index contributed by atoms with van der Waals surface area (Å²) in [5, 5.41) is 5.53. The van der Waals surface area contributed by atoms with E-state index >= 15 is 0 Å². The average Bonchev–Trinajstić information content (AvgIpc) is 3.47. The second kappa shape index (κ2) is 7.91. The van der Waals surface area contributed by atoms with E-state index in [-0.39, 0.29) is 30.5 Å². The van der Waals surface area contributed by atoms with Gasteiger partial charge in [-0.25, -0.2) is 9.78 Å². The first-order chi connectivity index (χ1) is 16.3. The van der Waals surface area contributed by atoms with Crippen LogP contribution < -0.4 is 15.4 Å². The fourth-order valence-electron chi connectivity index (χ4n) is 4.29. The number of carbonyl (C=O) groups is 3. The summed E-state index contributed by atoms with van der Waals surface area (Å²) >= 11 is 0. The standard InChI is InChI=1S/C24H22N4O6/c1-4-33-13(2)16-7-15-8-19(34-20(15)25-10-16)24(22(30)26-23(31)27-24)12-28-11-14-5-6-17(32-3)9-18(14)21(28)29/h5-10H,2,4,11-12H2,1,3H3,(H2,26,27,30,31)/t24-/m0/s1. The van der Waals surface area contributed by atoms with E-state index in [1.807, 2.05) is 13.0 Å². The molecular formula is C24H22N4O6. The number of fused-ring (bicyclic) bond motifs is 2. The van der Waals surface area contributed by atoms with E-state index in [2.05, 4.69) is 22.2 Å². The number of amides is 4. The fraction of sp³-hybridized carbons (Fsp3) is 0.250. The van der Waals surface area contributed by atoms with Crippen molar-refractivity contribution >= 4 is 34.7 Å². The molecule has 0 spiro atoms. The number of furan rings is 1.